The summed E-state index contributed by atoms with van der Waals surface area (Å²) >= 11 is 0. The molecule has 0 saturated carbocycles. The summed E-state index contributed by atoms with van der Waals surface area (Å²) in [7, 11) is 3.34. The van der Waals surface area contributed by atoms with Crippen LogP contribution in [0.25, 0.3) is 0 Å². The molecular weight excluding hydrogens is 198 g/mol. The van der Waals surface area contributed by atoms with Crippen LogP contribution in [-0.4, -0.2) is 59.7 Å². The zero-order valence-corrected chi connectivity index (χ0v) is 9.47. The second-order valence-electron chi connectivity index (χ2n) is 2.77. The fourth-order valence-corrected chi connectivity index (χ4v) is 0.801. The fourth-order valence-electron chi connectivity index (χ4n) is 0.801. The highest BCUT2D eigenvalue weighted by molar-refractivity contribution is 5.75. The summed E-state index contributed by atoms with van der Waals surface area (Å²) in [5, 5.41) is 12.7. The van der Waals surface area contributed by atoms with Gasteiger partial charge in [0.2, 0.25) is 0 Å². The molecule has 0 aliphatic heterocycles. The molecule has 0 saturated heterocycles. The maximum Gasteiger partial charge on any atom is 0.188 e. The number of ether oxygens (including phenoxy) is 3. The first kappa shape index (κ1) is 14.2. The number of guanidine groups is 1. The average Bonchev–Trinajstić information content (AvgIpc) is 2.26. The van der Waals surface area contributed by atoms with E-state index < -0.39 is 0 Å². The SMILES string of the molecule is CNC(=N)NCCOCCOCCOC. The Bertz CT molecular complexity index is 156. The molecule has 0 aromatic rings. The average molecular weight is 219 g/mol. The standard InChI is InChI=1S/C9H21N3O3/c1-11-9(10)12-3-4-14-7-8-15-6-5-13-2/h3-8H2,1-2H3,(H3,10,11,12). The quantitative estimate of drug-likeness (QED) is 0.274. The lowest BCUT2D eigenvalue weighted by Crippen LogP contribution is -2.35. The lowest BCUT2D eigenvalue weighted by molar-refractivity contribution is 0.0261. The van der Waals surface area contributed by atoms with Crippen LogP contribution < -0.4 is 10.6 Å². The van der Waals surface area contributed by atoms with Crippen LogP contribution in [0.2, 0.25) is 0 Å². The van der Waals surface area contributed by atoms with Crippen molar-refractivity contribution in [2.75, 3.05) is 53.7 Å². The Kier molecular flexibility index (Phi) is 10.6. The third-order valence-corrected chi connectivity index (χ3v) is 1.60. The smallest absolute Gasteiger partial charge is 0.188 e. The van der Waals surface area contributed by atoms with Crippen molar-refractivity contribution in [3.63, 3.8) is 0 Å². The molecule has 0 spiro atoms. The minimum atomic E-state index is 0.301. The van der Waals surface area contributed by atoms with Gasteiger partial charge >= 0.3 is 0 Å². The van der Waals surface area contributed by atoms with Crippen molar-refractivity contribution < 1.29 is 14.2 Å². The predicted molar refractivity (Wildman–Crippen MR) is 58.3 cm³/mol. The van der Waals surface area contributed by atoms with Gasteiger partial charge in [-0.25, -0.2) is 0 Å². The van der Waals surface area contributed by atoms with Crippen LogP contribution >= 0.6 is 0 Å². The lowest BCUT2D eigenvalue weighted by Gasteiger charge is -2.07. The van der Waals surface area contributed by atoms with Crippen molar-refractivity contribution >= 4 is 5.96 Å². The monoisotopic (exact) mass is 219 g/mol. The second-order valence-corrected chi connectivity index (χ2v) is 2.77. The molecule has 0 bridgehead atoms. The molecule has 0 heterocycles. The summed E-state index contributed by atoms with van der Waals surface area (Å²) in [4.78, 5) is 0. The summed E-state index contributed by atoms with van der Waals surface area (Å²) in [6.45, 7) is 3.55. The van der Waals surface area contributed by atoms with Crippen LogP contribution in [-0.2, 0) is 14.2 Å². The molecule has 0 rings (SSSR count). The molecule has 90 valence electrons. The molecule has 0 atom stereocenters. The Hall–Kier alpha value is -0.850. The fraction of sp³-hybridized carbons (Fsp3) is 0.889. The molecule has 0 fully saturated rings. The maximum absolute atomic E-state index is 7.21. The van der Waals surface area contributed by atoms with Gasteiger partial charge in [0.05, 0.1) is 33.0 Å². The van der Waals surface area contributed by atoms with E-state index in [1.165, 1.54) is 0 Å². The highest BCUT2D eigenvalue weighted by Gasteiger charge is 1.91. The van der Waals surface area contributed by atoms with E-state index in [9.17, 15) is 0 Å². The topological polar surface area (TPSA) is 75.6 Å². The molecule has 0 amide bonds. The van der Waals surface area contributed by atoms with E-state index in [4.69, 9.17) is 19.6 Å². The Balaban J connectivity index is 2.95. The van der Waals surface area contributed by atoms with E-state index >= 15 is 0 Å². The van der Waals surface area contributed by atoms with Gasteiger partial charge in [-0.05, 0) is 0 Å². The first-order valence-electron chi connectivity index (χ1n) is 4.96. The van der Waals surface area contributed by atoms with Crippen LogP contribution in [0.3, 0.4) is 0 Å². The van der Waals surface area contributed by atoms with E-state index in [-0.39, 0.29) is 0 Å². The number of hydrogen-bond acceptors (Lipinski definition) is 4. The summed E-state index contributed by atoms with van der Waals surface area (Å²) in [5.41, 5.74) is 0. The maximum atomic E-state index is 7.21. The van der Waals surface area contributed by atoms with Crippen LogP contribution in [0.4, 0.5) is 0 Å². The van der Waals surface area contributed by atoms with Gasteiger partial charge in [-0.15, -0.1) is 0 Å². The van der Waals surface area contributed by atoms with E-state index in [2.05, 4.69) is 10.6 Å². The van der Waals surface area contributed by atoms with Crippen LogP contribution in [0.15, 0.2) is 0 Å². The molecule has 6 heteroatoms. The molecule has 0 aromatic heterocycles. The summed E-state index contributed by atoms with van der Waals surface area (Å²) in [6, 6.07) is 0. The van der Waals surface area contributed by atoms with Crippen LogP contribution in [0, 0.1) is 5.41 Å². The van der Waals surface area contributed by atoms with Gasteiger partial charge in [0, 0.05) is 20.7 Å². The van der Waals surface area contributed by atoms with Crippen molar-refractivity contribution in [1.82, 2.24) is 10.6 Å². The molecular formula is C9H21N3O3. The van der Waals surface area contributed by atoms with Crippen LogP contribution in [0.5, 0.6) is 0 Å². The number of hydrogen-bond donors (Lipinski definition) is 3. The van der Waals surface area contributed by atoms with Gasteiger partial charge < -0.3 is 24.8 Å². The van der Waals surface area contributed by atoms with E-state index in [0.717, 1.165) is 0 Å². The Morgan fingerprint density at radius 1 is 1.07 bits per heavy atom. The number of methoxy groups -OCH3 is 1. The molecule has 0 aliphatic rings. The third-order valence-electron chi connectivity index (χ3n) is 1.60. The first-order valence-corrected chi connectivity index (χ1v) is 4.96. The van der Waals surface area contributed by atoms with E-state index in [0.29, 0.717) is 45.5 Å². The molecule has 15 heavy (non-hydrogen) atoms. The Labute approximate surface area is 90.8 Å². The van der Waals surface area contributed by atoms with Gasteiger partial charge in [0.25, 0.3) is 0 Å². The van der Waals surface area contributed by atoms with Gasteiger partial charge in [-0.1, -0.05) is 0 Å². The lowest BCUT2D eigenvalue weighted by atomic mass is 10.6. The third kappa shape index (κ3) is 11.1. The van der Waals surface area contributed by atoms with Crippen molar-refractivity contribution in [1.29, 1.82) is 5.41 Å². The summed E-state index contributed by atoms with van der Waals surface area (Å²) < 4.78 is 15.3. The minimum Gasteiger partial charge on any atom is -0.382 e. The molecule has 0 radical (unpaired) electrons. The molecule has 0 aliphatic carbocycles. The highest BCUT2D eigenvalue weighted by Crippen LogP contribution is 1.79. The van der Waals surface area contributed by atoms with Gasteiger partial charge in [-0.2, -0.15) is 0 Å². The largest absolute Gasteiger partial charge is 0.382 e. The van der Waals surface area contributed by atoms with E-state index in [1.54, 1.807) is 14.2 Å². The van der Waals surface area contributed by atoms with Crippen molar-refractivity contribution in [2.24, 2.45) is 0 Å². The summed E-state index contributed by atoms with van der Waals surface area (Å²) in [6.07, 6.45) is 0. The second kappa shape index (κ2) is 11.2. The zero-order valence-electron chi connectivity index (χ0n) is 9.47. The minimum absolute atomic E-state index is 0.301. The number of rotatable bonds is 9. The van der Waals surface area contributed by atoms with Crippen molar-refractivity contribution in [3.05, 3.63) is 0 Å². The molecule has 0 unspecified atom stereocenters. The molecule has 6 nitrogen and oxygen atoms in total. The first-order chi connectivity index (χ1) is 7.31. The Morgan fingerprint density at radius 3 is 2.27 bits per heavy atom. The van der Waals surface area contributed by atoms with Crippen LogP contribution in [0.1, 0.15) is 0 Å². The number of nitrogens with one attached hydrogen (secondary N) is 3. The van der Waals surface area contributed by atoms with Gasteiger partial charge in [-0.3, -0.25) is 5.41 Å². The van der Waals surface area contributed by atoms with Crippen molar-refractivity contribution in [2.45, 2.75) is 0 Å². The highest BCUT2D eigenvalue weighted by atomic mass is 16.5. The Morgan fingerprint density at radius 2 is 1.67 bits per heavy atom. The van der Waals surface area contributed by atoms with E-state index in [1.807, 2.05) is 0 Å². The molecule has 0 aromatic carbocycles. The normalized spacial score (nSPS) is 10.0. The van der Waals surface area contributed by atoms with Gasteiger partial charge in [0.1, 0.15) is 0 Å². The van der Waals surface area contributed by atoms with Gasteiger partial charge in [0.15, 0.2) is 5.96 Å². The van der Waals surface area contributed by atoms with Crippen molar-refractivity contribution in [3.8, 4) is 0 Å². The zero-order chi connectivity index (χ0) is 11.4. The predicted octanol–water partition coefficient (Wildman–Crippen LogP) is -0.590. The summed E-state index contributed by atoms with van der Waals surface area (Å²) in [5.74, 6) is 0.301. The molecule has 3 N–H and O–H groups in total.